The Balaban J connectivity index is 1.79. The van der Waals surface area contributed by atoms with Crippen LogP contribution in [-0.4, -0.2) is 26.3 Å². The maximum absolute atomic E-state index is 12.4. The van der Waals surface area contributed by atoms with E-state index in [-0.39, 0.29) is 15.6 Å². The van der Waals surface area contributed by atoms with E-state index in [0.717, 1.165) is 21.6 Å². The molecule has 1 aliphatic rings. The predicted octanol–water partition coefficient (Wildman–Crippen LogP) is 3.00. The van der Waals surface area contributed by atoms with Gasteiger partial charge >= 0.3 is 0 Å². The van der Waals surface area contributed by atoms with Crippen molar-refractivity contribution in [1.29, 1.82) is 0 Å². The minimum atomic E-state index is -0.600. The molecule has 2 amide bonds. The highest BCUT2D eigenvalue weighted by Crippen LogP contribution is 2.32. The van der Waals surface area contributed by atoms with Gasteiger partial charge in [-0.2, -0.15) is 5.01 Å². The molecule has 2 N–H and O–H groups in total. The number of phenols is 1. The molecule has 1 aromatic heterocycles. The molecule has 1 aromatic carbocycles. The molecule has 3 rings (SSSR count). The van der Waals surface area contributed by atoms with Crippen molar-refractivity contribution in [3.63, 3.8) is 0 Å². The maximum Gasteiger partial charge on any atom is 0.285 e. The summed E-state index contributed by atoms with van der Waals surface area (Å²) in [6.07, 6.45) is 1.73. The molecular weight excluding hydrogens is 352 g/mol. The lowest BCUT2D eigenvalue weighted by atomic mass is 10.2. The molecule has 1 aliphatic heterocycles. The van der Waals surface area contributed by atoms with Gasteiger partial charge in [0.15, 0.2) is 4.32 Å². The summed E-state index contributed by atoms with van der Waals surface area (Å²) >= 11 is 7.77. The van der Waals surface area contributed by atoms with Crippen molar-refractivity contribution in [2.45, 2.75) is 0 Å². The number of benzene rings is 1. The fourth-order valence-electron chi connectivity index (χ4n) is 1.89. The molecule has 116 valence electrons. The molecule has 1 saturated heterocycles. The van der Waals surface area contributed by atoms with Crippen LogP contribution in [0.25, 0.3) is 6.08 Å². The first kappa shape index (κ1) is 15.7. The molecule has 2 heterocycles. The highest BCUT2D eigenvalue weighted by Gasteiger charge is 2.34. The van der Waals surface area contributed by atoms with Crippen molar-refractivity contribution in [3.8, 4) is 5.75 Å². The number of hydrogen-bond acceptors (Lipinski definition) is 6. The summed E-state index contributed by atoms with van der Waals surface area (Å²) < 4.78 is 0.238. The number of phenolic OH excluding ortho intramolecular Hbond substituents is 1. The summed E-state index contributed by atoms with van der Waals surface area (Å²) in [6, 6.07) is 9.86. The van der Waals surface area contributed by atoms with Gasteiger partial charge in [-0.1, -0.05) is 30.0 Å². The first-order valence-corrected chi connectivity index (χ1v) is 8.57. The maximum atomic E-state index is 12.4. The number of nitrogens with one attached hydrogen (secondary N) is 1. The van der Waals surface area contributed by atoms with Gasteiger partial charge in [0.25, 0.3) is 11.8 Å². The monoisotopic (exact) mass is 362 g/mol. The number of aromatic hydroxyl groups is 1. The van der Waals surface area contributed by atoms with Gasteiger partial charge in [-0.05, 0) is 41.9 Å². The standard InChI is InChI=1S/C15H10N2O3S3/c18-11-6-2-1-5-10(11)13(19)16-17-14(20)12(23-15(17)21)8-9-4-3-7-22-9/h1-8,18H,(H,16,19)/b12-8-. The van der Waals surface area contributed by atoms with Crippen LogP contribution in [0.4, 0.5) is 0 Å². The van der Waals surface area contributed by atoms with E-state index in [1.54, 1.807) is 18.2 Å². The summed E-state index contributed by atoms with van der Waals surface area (Å²) in [5.41, 5.74) is 2.50. The molecule has 0 atom stereocenters. The summed E-state index contributed by atoms with van der Waals surface area (Å²) in [5, 5.41) is 12.6. The van der Waals surface area contributed by atoms with Crippen LogP contribution in [0.15, 0.2) is 46.7 Å². The van der Waals surface area contributed by atoms with Crippen molar-refractivity contribution < 1.29 is 14.7 Å². The Morgan fingerprint density at radius 2 is 2.04 bits per heavy atom. The van der Waals surface area contributed by atoms with Gasteiger partial charge in [0.2, 0.25) is 0 Å². The van der Waals surface area contributed by atoms with Gasteiger partial charge in [-0.3, -0.25) is 15.0 Å². The number of thiophene rings is 1. The molecule has 0 radical (unpaired) electrons. The van der Waals surface area contributed by atoms with Crippen LogP contribution in [0.3, 0.4) is 0 Å². The topological polar surface area (TPSA) is 69.6 Å². The van der Waals surface area contributed by atoms with Crippen LogP contribution in [0.1, 0.15) is 15.2 Å². The number of thioether (sulfide) groups is 1. The number of para-hydroxylation sites is 1. The summed E-state index contributed by atoms with van der Waals surface area (Å²) in [7, 11) is 0. The lowest BCUT2D eigenvalue weighted by Gasteiger charge is -2.15. The number of amides is 2. The molecule has 8 heteroatoms. The normalized spacial score (nSPS) is 16.2. The average molecular weight is 362 g/mol. The third kappa shape index (κ3) is 3.29. The minimum Gasteiger partial charge on any atom is -0.507 e. The first-order chi connectivity index (χ1) is 11.1. The van der Waals surface area contributed by atoms with Crippen LogP contribution in [0.5, 0.6) is 5.75 Å². The molecule has 0 aliphatic carbocycles. The number of thiocarbonyl (C=S) groups is 1. The molecule has 0 spiro atoms. The second-order valence-corrected chi connectivity index (χ2v) is 7.15. The fraction of sp³-hybridized carbons (Fsp3) is 0. The zero-order chi connectivity index (χ0) is 16.4. The third-order valence-electron chi connectivity index (χ3n) is 2.97. The Morgan fingerprint density at radius 1 is 1.26 bits per heavy atom. The average Bonchev–Trinajstić information content (AvgIpc) is 3.12. The van der Waals surface area contributed by atoms with Gasteiger partial charge in [0, 0.05) is 4.88 Å². The molecule has 0 bridgehead atoms. The minimum absolute atomic E-state index is 0.0730. The van der Waals surface area contributed by atoms with Crippen molar-refractivity contribution in [1.82, 2.24) is 10.4 Å². The van der Waals surface area contributed by atoms with Crippen molar-refractivity contribution in [2.24, 2.45) is 0 Å². The van der Waals surface area contributed by atoms with E-state index in [9.17, 15) is 14.7 Å². The Bertz CT molecular complexity index is 815. The molecule has 23 heavy (non-hydrogen) atoms. The number of hydrazine groups is 1. The van der Waals surface area contributed by atoms with Crippen LogP contribution < -0.4 is 5.43 Å². The third-order valence-corrected chi connectivity index (χ3v) is 5.09. The van der Waals surface area contributed by atoms with Gasteiger partial charge in [0.1, 0.15) is 5.75 Å². The van der Waals surface area contributed by atoms with Crippen LogP contribution in [0.2, 0.25) is 0 Å². The molecule has 5 nitrogen and oxygen atoms in total. The second-order valence-electron chi connectivity index (χ2n) is 4.49. The molecule has 1 fully saturated rings. The highest BCUT2D eigenvalue weighted by molar-refractivity contribution is 8.26. The van der Waals surface area contributed by atoms with E-state index >= 15 is 0 Å². The predicted molar refractivity (Wildman–Crippen MR) is 94.9 cm³/mol. The van der Waals surface area contributed by atoms with E-state index in [1.807, 2.05) is 17.5 Å². The van der Waals surface area contributed by atoms with E-state index in [1.165, 1.54) is 23.5 Å². The number of rotatable bonds is 3. The molecular formula is C15H10N2O3S3. The van der Waals surface area contributed by atoms with E-state index in [2.05, 4.69) is 5.43 Å². The smallest absolute Gasteiger partial charge is 0.285 e. The van der Waals surface area contributed by atoms with E-state index in [4.69, 9.17) is 12.2 Å². The number of carbonyl (C=O) groups is 2. The van der Waals surface area contributed by atoms with Crippen LogP contribution >= 0.6 is 35.3 Å². The molecule has 0 saturated carbocycles. The lowest BCUT2D eigenvalue weighted by molar-refractivity contribution is -0.123. The zero-order valence-corrected chi connectivity index (χ0v) is 14.0. The van der Waals surface area contributed by atoms with Crippen molar-refractivity contribution in [2.75, 3.05) is 0 Å². The Kier molecular flexibility index (Phi) is 4.46. The first-order valence-electron chi connectivity index (χ1n) is 6.46. The van der Waals surface area contributed by atoms with Crippen molar-refractivity contribution in [3.05, 3.63) is 57.1 Å². The van der Waals surface area contributed by atoms with E-state index in [0.29, 0.717) is 4.91 Å². The SMILES string of the molecule is O=C(NN1C(=O)/C(=C/c2cccs2)SC1=S)c1ccccc1O. The van der Waals surface area contributed by atoms with Gasteiger partial charge in [0.05, 0.1) is 10.5 Å². The second kappa shape index (κ2) is 6.53. The van der Waals surface area contributed by atoms with Crippen LogP contribution in [-0.2, 0) is 4.79 Å². The van der Waals surface area contributed by atoms with Crippen molar-refractivity contribution >= 4 is 57.5 Å². The molecule has 0 unspecified atom stereocenters. The largest absolute Gasteiger partial charge is 0.507 e. The van der Waals surface area contributed by atoms with Gasteiger partial charge in [-0.15, -0.1) is 11.3 Å². The summed E-state index contributed by atoms with van der Waals surface area (Å²) in [4.78, 5) is 25.9. The van der Waals surface area contributed by atoms with E-state index < -0.39 is 11.8 Å². The summed E-state index contributed by atoms with van der Waals surface area (Å²) in [5.74, 6) is -1.15. The summed E-state index contributed by atoms with van der Waals surface area (Å²) in [6.45, 7) is 0. The zero-order valence-electron chi connectivity index (χ0n) is 11.6. The van der Waals surface area contributed by atoms with Gasteiger partial charge < -0.3 is 5.11 Å². The Morgan fingerprint density at radius 3 is 2.74 bits per heavy atom. The van der Waals surface area contributed by atoms with Crippen LogP contribution in [0, 0.1) is 0 Å². The Labute approximate surface area is 145 Å². The Hall–Kier alpha value is -2.16. The number of nitrogens with zero attached hydrogens (tertiary/aromatic N) is 1. The molecule has 2 aromatic rings. The number of hydrogen-bond donors (Lipinski definition) is 2. The number of carbonyl (C=O) groups excluding carboxylic acids is 2. The van der Waals surface area contributed by atoms with Gasteiger partial charge in [-0.25, -0.2) is 0 Å². The lowest BCUT2D eigenvalue weighted by Crippen LogP contribution is -2.44. The highest BCUT2D eigenvalue weighted by atomic mass is 32.2. The fourth-order valence-corrected chi connectivity index (χ4v) is 3.80. The quantitative estimate of drug-likeness (QED) is 0.649.